The second kappa shape index (κ2) is 6.18. The molecule has 0 saturated heterocycles. The third-order valence-corrected chi connectivity index (χ3v) is 1.99. The van der Waals surface area contributed by atoms with Crippen LogP contribution in [0.4, 0.5) is 0 Å². The van der Waals surface area contributed by atoms with Gasteiger partial charge in [0.1, 0.15) is 4.33 Å². The van der Waals surface area contributed by atoms with Gasteiger partial charge in [-0.05, 0) is 20.8 Å². The van der Waals surface area contributed by atoms with Crippen LogP contribution in [0.5, 0.6) is 0 Å². The maximum absolute atomic E-state index is 11.4. The third-order valence-electron chi connectivity index (χ3n) is 1.55. The fourth-order valence-corrected chi connectivity index (χ4v) is 1.32. The quantitative estimate of drug-likeness (QED) is 0.429. The predicted octanol–water partition coefficient (Wildman–Crippen LogP) is 1.92. The molecule has 0 aromatic heterocycles. The molecule has 0 bridgehead atoms. The Hall–Kier alpha value is -0.480. The molecule has 6 heteroatoms. The van der Waals surface area contributed by atoms with E-state index in [0.29, 0.717) is 0 Å². The molecule has 0 unspecified atom stereocenters. The first-order chi connectivity index (χ1) is 6.84. The number of carbonyl (C=O) groups is 2. The van der Waals surface area contributed by atoms with Crippen LogP contribution in [0.3, 0.4) is 0 Å². The van der Waals surface area contributed by atoms with Crippen molar-refractivity contribution in [3.8, 4) is 0 Å². The van der Waals surface area contributed by atoms with E-state index in [1.807, 2.05) is 0 Å². The number of ether oxygens (including phenoxy) is 2. The van der Waals surface area contributed by atoms with E-state index in [2.05, 4.69) is 9.47 Å². The lowest BCUT2D eigenvalue weighted by Gasteiger charge is -2.22. The van der Waals surface area contributed by atoms with Gasteiger partial charge in [0.25, 0.3) is 0 Å². The molecule has 4 nitrogen and oxygen atoms in total. The van der Waals surface area contributed by atoms with Crippen molar-refractivity contribution in [3.05, 3.63) is 0 Å². The van der Waals surface area contributed by atoms with Gasteiger partial charge in [0.2, 0.25) is 0 Å². The molecule has 0 spiro atoms. The monoisotopic (exact) mass is 256 g/mol. The lowest BCUT2D eigenvalue weighted by atomic mass is 10.1. The number of carbonyl (C=O) groups excluding carboxylic acids is 2. The van der Waals surface area contributed by atoms with E-state index in [-0.39, 0.29) is 13.2 Å². The molecule has 88 valence electrons. The molecule has 0 aliphatic heterocycles. The van der Waals surface area contributed by atoms with Crippen LogP contribution in [0.25, 0.3) is 0 Å². The van der Waals surface area contributed by atoms with Crippen molar-refractivity contribution < 1.29 is 19.1 Å². The maximum Gasteiger partial charge on any atom is 0.323 e. The highest BCUT2D eigenvalue weighted by molar-refractivity contribution is 6.50. The molecule has 0 radical (unpaired) electrons. The molecular formula is C9H14Cl2O4. The van der Waals surface area contributed by atoms with Gasteiger partial charge in [-0.2, -0.15) is 0 Å². The van der Waals surface area contributed by atoms with E-state index in [1.165, 1.54) is 6.92 Å². The average Bonchev–Trinajstić information content (AvgIpc) is 2.01. The van der Waals surface area contributed by atoms with Crippen LogP contribution in [0, 0.1) is 5.92 Å². The Morgan fingerprint density at radius 1 is 1.13 bits per heavy atom. The Bertz CT molecular complexity index is 217. The van der Waals surface area contributed by atoms with Gasteiger partial charge in [-0.25, -0.2) is 0 Å². The molecule has 0 heterocycles. The molecule has 0 aromatic carbocycles. The van der Waals surface area contributed by atoms with Crippen molar-refractivity contribution >= 4 is 35.1 Å². The van der Waals surface area contributed by atoms with E-state index in [9.17, 15) is 9.59 Å². The molecule has 0 atom stereocenters. The van der Waals surface area contributed by atoms with Gasteiger partial charge in [-0.15, -0.1) is 23.2 Å². The van der Waals surface area contributed by atoms with E-state index >= 15 is 0 Å². The van der Waals surface area contributed by atoms with Crippen LogP contribution in [-0.4, -0.2) is 29.5 Å². The summed E-state index contributed by atoms with van der Waals surface area (Å²) in [5.74, 6) is -2.87. The Labute approximate surface area is 98.8 Å². The molecule has 0 rings (SSSR count). The van der Waals surface area contributed by atoms with E-state index < -0.39 is 22.2 Å². The molecule has 0 amide bonds. The Balaban J connectivity index is 4.74. The first-order valence-electron chi connectivity index (χ1n) is 4.55. The molecule has 0 N–H and O–H groups in total. The summed E-state index contributed by atoms with van der Waals surface area (Å²) in [5, 5.41) is 0. The zero-order chi connectivity index (χ0) is 12.1. The van der Waals surface area contributed by atoms with E-state index in [0.717, 1.165) is 0 Å². The van der Waals surface area contributed by atoms with Crippen LogP contribution < -0.4 is 0 Å². The minimum absolute atomic E-state index is 0.151. The minimum Gasteiger partial charge on any atom is -0.465 e. The smallest absolute Gasteiger partial charge is 0.323 e. The maximum atomic E-state index is 11.4. The number of hydrogen-bond donors (Lipinski definition) is 0. The molecule has 0 fully saturated rings. The zero-order valence-corrected chi connectivity index (χ0v) is 10.4. The van der Waals surface area contributed by atoms with Crippen molar-refractivity contribution in [3.63, 3.8) is 0 Å². The molecule has 0 aliphatic carbocycles. The fraction of sp³-hybridized carbons (Fsp3) is 0.778. The summed E-state index contributed by atoms with van der Waals surface area (Å²) in [4.78, 5) is 22.8. The summed E-state index contributed by atoms with van der Waals surface area (Å²) in [5.41, 5.74) is 0. The van der Waals surface area contributed by atoms with Gasteiger partial charge in [-0.1, -0.05) is 0 Å². The fourth-order valence-electron chi connectivity index (χ4n) is 0.961. The summed E-state index contributed by atoms with van der Waals surface area (Å²) in [7, 11) is 0. The van der Waals surface area contributed by atoms with E-state index in [1.54, 1.807) is 13.8 Å². The highest BCUT2D eigenvalue weighted by Gasteiger charge is 2.44. The normalized spacial score (nSPS) is 11.3. The summed E-state index contributed by atoms with van der Waals surface area (Å²) in [6.45, 7) is 4.89. The lowest BCUT2D eigenvalue weighted by Crippen LogP contribution is -2.39. The zero-order valence-electron chi connectivity index (χ0n) is 8.88. The largest absolute Gasteiger partial charge is 0.465 e. The van der Waals surface area contributed by atoms with Gasteiger partial charge in [-0.3, -0.25) is 9.59 Å². The van der Waals surface area contributed by atoms with Crippen molar-refractivity contribution in [1.29, 1.82) is 0 Å². The van der Waals surface area contributed by atoms with Crippen molar-refractivity contribution in [2.75, 3.05) is 13.2 Å². The number of rotatable bonds is 5. The highest BCUT2D eigenvalue weighted by atomic mass is 35.5. The number of halogens is 2. The molecule has 0 aliphatic rings. The second-order valence-electron chi connectivity index (χ2n) is 2.89. The predicted molar refractivity (Wildman–Crippen MR) is 56.9 cm³/mol. The lowest BCUT2D eigenvalue weighted by molar-refractivity contribution is -0.162. The average molecular weight is 257 g/mol. The van der Waals surface area contributed by atoms with Gasteiger partial charge in [0.05, 0.1) is 13.2 Å². The molecular weight excluding hydrogens is 243 g/mol. The standard InChI is InChI=1S/C9H14Cl2O4/c1-4-14-7(12)6(9(3,10)11)8(13)15-5-2/h6H,4-5H2,1-3H3. The molecule has 15 heavy (non-hydrogen) atoms. The van der Waals surface area contributed by atoms with Gasteiger partial charge >= 0.3 is 11.9 Å². The Morgan fingerprint density at radius 2 is 1.47 bits per heavy atom. The van der Waals surface area contributed by atoms with Crippen molar-refractivity contribution in [2.24, 2.45) is 5.92 Å². The van der Waals surface area contributed by atoms with Crippen LogP contribution in [0.2, 0.25) is 0 Å². The molecule has 0 saturated carbocycles. The van der Waals surface area contributed by atoms with Gasteiger partial charge in [0, 0.05) is 0 Å². The number of hydrogen-bond acceptors (Lipinski definition) is 4. The van der Waals surface area contributed by atoms with Gasteiger partial charge in [0.15, 0.2) is 5.92 Å². The van der Waals surface area contributed by atoms with Crippen LogP contribution in [-0.2, 0) is 19.1 Å². The summed E-state index contributed by atoms with van der Waals surface area (Å²) in [6.07, 6.45) is 0. The second-order valence-corrected chi connectivity index (χ2v) is 4.66. The Kier molecular flexibility index (Phi) is 5.98. The van der Waals surface area contributed by atoms with Crippen molar-refractivity contribution in [2.45, 2.75) is 25.1 Å². The highest BCUT2D eigenvalue weighted by Crippen LogP contribution is 2.31. The number of alkyl halides is 2. The minimum atomic E-state index is -1.54. The summed E-state index contributed by atoms with van der Waals surface area (Å²) < 4.78 is 7.84. The summed E-state index contributed by atoms with van der Waals surface area (Å²) >= 11 is 11.4. The van der Waals surface area contributed by atoms with Gasteiger partial charge < -0.3 is 9.47 Å². The van der Waals surface area contributed by atoms with Crippen LogP contribution in [0.1, 0.15) is 20.8 Å². The summed E-state index contributed by atoms with van der Waals surface area (Å²) in [6, 6.07) is 0. The first kappa shape index (κ1) is 14.5. The first-order valence-corrected chi connectivity index (χ1v) is 5.31. The number of esters is 2. The van der Waals surface area contributed by atoms with Crippen molar-refractivity contribution in [1.82, 2.24) is 0 Å². The SMILES string of the molecule is CCOC(=O)C(C(=O)OCC)C(C)(Cl)Cl. The molecule has 0 aromatic rings. The van der Waals surface area contributed by atoms with Crippen LogP contribution in [0.15, 0.2) is 0 Å². The third kappa shape index (κ3) is 4.71. The van der Waals surface area contributed by atoms with E-state index in [4.69, 9.17) is 23.2 Å². The van der Waals surface area contributed by atoms with Crippen LogP contribution >= 0.6 is 23.2 Å². The Morgan fingerprint density at radius 3 is 1.67 bits per heavy atom. The topological polar surface area (TPSA) is 52.6 Å².